The van der Waals surface area contributed by atoms with Gasteiger partial charge in [-0.2, -0.15) is 0 Å². The fraction of sp³-hybridized carbons (Fsp3) is 0.583. The summed E-state index contributed by atoms with van der Waals surface area (Å²) in [5, 5.41) is 3.79. The van der Waals surface area contributed by atoms with Crippen molar-refractivity contribution in [3.63, 3.8) is 0 Å². The van der Waals surface area contributed by atoms with Crippen LogP contribution in [0.1, 0.15) is 35.7 Å². The molecule has 17 heavy (non-hydrogen) atoms. The molecule has 1 aromatic rings. The summed E-state index contributed by atoms with van der Waals surface area (Å²) in [7, 11) is 1.29. The number of methoxy groups -OCH3 is 1. The Kier molecular flexibility index (Phi) is 2.56. The fourth-order valence-electron chi connectivity index (χ4n) is 2.41. The van der Waals surface area contributed by atoms with E-state index in [0.29, 0.717) is 23.4 Å². The fourth-order valence-corrected chi connectivity index (χ4v) is 2.41. The number of esters is 1. The van der Waals surface area contributed by atoms with Crippen molar-refractivity contribution in [3.05, 3.63) is 17.0 Å². The average Bonchev–Trinajstić information content (AvgIpc) is 2.58. The molecule has 2 rings (SSSR count). The van der Waals surface area contributed by atoms with Crippen LogP contribution in [0.2, 0.25) is 0 Å². The lowest BCUT2D eigenvalue weighted by molar-refractivity contribution is -0.147. The molecule has 0 N–H and O–H groups in total. The summed E-state index contributed by atoms with van der Waals surface area (Å²) in [5.41, 5.74) is 0.470. The van der Waals surface area contributed by atoms with Crippen LogP contribution in [-0.4, -0.2) is 24.0 Å². The second-order valence-electron chi connectivity index (χ2n) is 5.05. The monoisotopic (exact) mass is 237 g/mol. The Hall–Kier alpha value is -1.65. The van der Waals surface area contributed by atoms with E-state index < -0.39 is 17.3 Å². The summed E-state index contributed by atoms with van der Waals surface area (Å²) in [6.45, 7) is 5.41. The zero-order chi connectivity index (χ0) is 12.8. The van der Waals surface area contributed by atoms with Crippen molar-refractivity contribution in [2.45, 2.75) is 27.2 Å². The number of aryl methyl sites for hydroxylation is 1. The lowest BCUT2D eigenvalue weighted by Gasteiger charge is -2.33. The van der Waals surface area contributed by atoms with Gasteiger partial charge in [0.05, 0.1) is 18.4 Å². The van der Waals surface area contributed by atoms with Crippen LogP contribution in [0.5, 0.6) is 0 Å². The molecule has 1 aromatic heterocycles. The SMILES string of the molecule is COC(=O)[C@H]1C(=O)c2c(C)noc2CC1(C)C. The van der Waals surface area contributed by atoms with E-state index in [0.717, 1.165) is 0 Å². The maximum Gasteiger partial charge on any atom is 0.317 e. The van der Waals surface area contributed by atoms with Crippen LogP contribution < -0.4 is 0 Å². The topological polar surface area (TPSA) is 69.4 Å². The highest BCUT2D eigenvalue weighted by Crippen LogP contribution is 2.41. The Balaban J connectivity index is 2.53. The molecule has 1 heterocycles. The van der Waals surface area contributed by atoms with Crippen LogP contribution in [-0.2, 0) is 16.0 Å². The van der Waals surface area contributed by atoms with Crippen molar-refractivity contribution in [1.29, 1.82) is 0 Å². The van der Waals surface area contributed by atoms with Gasteiger partial charge < -0.3 is 9.26 Å². The van der Waals surface area contributed by atoms with E-state index in [9.17, 15) is 9.59 Å². The molecule has 0 spiro atoms. The van der Waals surface area contributed by atoms with Gasteiger partial charge in [-0.1, -0.05) is 19.0 Å². The van der Waals surface area contributed by atoms with E-state index in [1.54, 1.807) is 6.92 Å². The molecular weight excluding hydrogens is 222 g/mol. The molecule has 0 radical (unpaired) electrons. The van der Waals surface area contributed by atoms with Gasteiger partial charge in [0.25, 0.3) is 0 Å². The Labute approximate surface area is 99.1 Å². The molecule has 0 unspecified atom stereocenters. The summed E-state index contributed by atoms with van der Waals surface area (Å²) in [6.07, 6.45) is 0.509. The number of fused-ring (bicyclic) bond motifs is 1. The number of ketones is 1. The zero-order valence-corrected chi connectivity index (χ0v) is 10.4. The van der Waals surface area contributed by atoms with Crippen LogP contribution in [0.15, 0.2) is 4.52 Å². The summed E-state index contributed by atoms with van der Waals surface area (Å²) in [5.74, 6) is -0.955. The number of ether oxygens (including phenoxy) is 1. The Morgan fingerprint density at radius 2 is 2.18 bits per heavy atom. The second-order valence-corrected chi connectivity index (χ2v) is 5.05. The minimum atomic E-state index is -0.780. The highest BCUT2D eigenvalue weighted by molar-refractivity contribution is 6.11. The number of hydrogen-bond donors (Lipinski definition) is 0. The molecular formula is C12H15NO4. The smallest absolute Gasteiger partial charge is 0.317 e. The Morgan fingerprint density at radius 3 is 2.76 bits per heavy atom. The molecule has 1 aliphatic rings. The third-order valence-corrected chi connectivity index (χ3v) is 3.28. The molecule has 0 amide bonds. The van der Waals surface area contributed by atoms with Crippen molar-refractivity contribution in [3.8, 4) is 0 Å². The molecule has 0 aliphatic heterocycles. The third kappa shape index (κ3) is 1.66. The Morgan fingerprint density at radius 1 is 1.53 bits per heavy atom. The normalized spacial score (nSPS) is 22.1. The first-order chi connectivity index (χ1) is 7.88. The lowest BCUT2D eigenvalue weighted by atomic mass is 9.67. The number of carbonyl (C=O) groups is 2. The summed E-state index contributed by atoms with van der Waals surface area (Å²) >= 11 is 0. The van der Waals surface area contributed by atoms with Gasteiger partial charge in [-0.3, -0.25) is 9.59 Å². The molecule has 0 aromatic carbocycles. The van der Waals surface area contributed by atoms with Crippen molar-refractivity contribution in [1.82, 2.24) is 5.16 Å². The maximum absolute atomic E-state index is 12.3. The van der Waals surface area contributed by atoms with E-state index in [4.69, 9.17) is 9.26 Å². The van der Waals surface area contributed by atoms with E-state index >= 15 is 0 Å². The van der Waals surface area contributed by atoms with E-state index in [1.165, 1.54) is 7.11 Å². The number of aromatic nitrogens is 1. The van der Waals surface area contributed by atoms with Gasteiger partial charge in [0, 0.05) is 6.42 Å². The van der Waals surface area contributed by atoms with Gasteiger partial charge in [0.15, 0.2) is 5.78 Å². The first-order valence-corrected chi connectivity index (χ1v) is 5.45. The predicted octanol–water partition coefficient (Wildman–Crippen LogP) is 1.54. The number of nitrogens with zero attached hydrogens (tertiary/aromatic N) is 1. The molecule has 0 saturated heterocycles. The molecule has 1 aliphatic carbocycles. The molecule has 5 heteroatoms. The standard InChI is InChI=1S/C12H15NO4/c1-6-8-7(17-13-6)5-12(2,3)9(10(8)14)11(15)16-4/h9H,5H2,1-4H3/t9-/m1/s1. The second kappa shape index (κ2) is 3.68. The number of carbonyl (C=O) groups excluding carboxylic acids is 2. The molecule has 0 fully saturated rings. The van der Waals surface area contributed by atoms with Crippen molar-refractivity contribution in [2.24, 2.45) is 11.3 Å². The zero-order valence-electron chi connectivity index (χ0n) is 10.4. The molecule has 1 atom stereocenters. The lowest BCUT2D eigenvalue weighted by Crippen LogP contribution is -2.43. The summed E-state index contributed by atoms with van der Waals surface area (Å²) in [4.78, 5) is 24.1. The Bertz CT molecular complexity index is 487. The van der Waals surface area contributed by atoms with Gasteiger partial charge in [0.2, 0.25) is 0 Å². The van der Waals surface area contributed by atoms with Gasteiger partial charge in [-0.25, -0.2) is 0 Å². The molecule has 0 bridgehead atoms. The van der Waals surface area contributed by atoms with E-state index in [2.05, 4.69) is 5.16 Å². The maximum atomic E-state index is 12.3. The largest absolute Gasteiger partial charge is 0.468 e. The van der Waals surface area contributed by atoms with Crippen molar-refractivity contribution >= 4 is 11.8 Å². The molecule has 5 nitrogen and oxygen atoms in total. The number of hydrogen-bond acceptors (Lipinski definition) is 5. The van der Waals surface area contributed by atoms with Gasteiger partial charge in [-0.15, -0.1) is 0 Å². The minimum absolute atomic E-state index is 0.248. The van der Waals surface area contributed by atoms with Crippen LogP contribution >= 0.6 is 0 Å². The van der Waals surface area contributed by atoms with Crippen molar-refractivity contribution < 1.29 is 18.8 Å². The van der Waals surface area contributed by atoms with E-state index in [-0.39, 0.29) is 5.78 Å². The average molecular weight is 237 g/mol. The van der Waals surface area contributed by atoms with Gasteiger partial charge in [0.1, 0.15) is 11.7 Å². The first-order valence-electron chi connectivity index (χ1n) is 5.45. The first kappa shape index (κ1) is 11.8. The number of Topliss-reactive ketones (excluding diaryl/α,β-unsaturated/α-hetero) is 1. The van der Waals surface area contributed by atoms with Gasteiger partial charge >= 0.3 is 5.97 Å². The van der Waals surface area contributed by atoms with Crippen LogP contribution in [0.4, 0.5) is 0 Å². The quantitative estimate of drug-likeness (QED) is 0.547. The predicted molar refractivity (Wildman–Crippen MR) is 58.6 cm³/mol. The molecule has 92 valence electrons. The van der Waals surface area contributed by atoms with E-state index in [1.807, 2.05) is 13.8 Å². The minimum Gasteiger partial charge on any atom is -0.468 e. The van der Waals surface area contributed by atoms with Crippen molar-refractivity contribution in [2.75, 3.05) is 7.11 Å². The molecule has 0 saturated carbocycles. The summed E-state index contributed by atoms with van der Waals surface area (Å²) < 4.78 is 9.85. The van der Waals surface area contributed by atoms with Crippen LogP contribution in [0.3, 0.4) is 0 Å². The summed E-state index contributed by atoms with van der Waals surface area (Å²) in [6, 6.07) is 0. The number of rotatable bonds is 1. The van der Waals surface area contributed by atoms with Crippen LogP contribution in [0, 0.1) is 18.3 Å². The van der Waals surface area contributed by atoms with Gasteiger partial charge in [-0.05, 0) is 12.3 Å². The highest BCUT2D eigenvalue weighted by atomic mass is 16.5. The van der Waals surface area contributed by atoms with Crippen LogP contribution in [0.25, 0.3) is 0 Å². The highest BCUT2D eigenvalue weighted by Gasteiger charge is 2.48. The third-order valence-electron chi connectivity index (χ3n) is 3.28.